The lowest BCUT2D eigenvalue weighted by Crippen LogP contribution is -2.46. The highest BCUT2D eigenvalue weighted by Crippen LogP contribution is 2.16. The second kappa shape index (κ2) is 5.52. The van der Waals surface area contributed by atoms with Gasteiger partial charge in [0.15, 0.2) is 0 Å². The highest BCUT2D eigenvalue weighted by Gasteiger charge is 2.27. The number of carbonyl (C=O) groups excluding carboxylic acids is 1. The second-order valence-electron chi connectivity index (χ2n) is 4.32. The Bertz CT molecular complexity index is 418. The molecule has 0 unspecified atom stereocenters. The molecule has 2 amide bonds. The number of carbonyl (C=O) groups is 2. The van der Waals surface area contributed by atoms with Gasteiger partial charge in [-0.05, 0) is 12.8 Å². The lowest BCUT2D eigenvalue weighted by molar-refractivity contribution is -0.143. The molecule has 1 aliphatic heterocycles. The van der Waals surface area contributed by atoms with Crippen LogP contribution >= 0.6 is 0 Å². The molecule has 7 nitrogen and oxygen atoms in total. The molecule has 18 heavy (non-hydrogen) atoms. The van der Waals surface area contributed by atoms with E-state index in [9.17, 15) is 9.59 Å². The van der Waals surface area contributed by atoms with Gasteiger partial charge >= 0.3 is 12.0 Å². The molecule has 1 atom stereocenters. The van der Waals surface area contributed by atoms with Crippen LogP contribution in [0.1, 0.15) is 18.7 Å². The molecule has 0 saturated carbocycles. The maximum atomic E-state index is 11.8. The van der Waals surface area contributed by atoms with E-state index in [1.54, 1.807) is 17.3 Å². The van der Waals surface area contributed by atoms with Gasteiger partial charge in [0.1, 0.15) is 5.82 Å². The number of H-pyrrole nitrogens is 1. The topological polar surface area (TPSA) is 98.3 Å². The second-order valence-corrected chi connectivity index (χ2v) is 4.32. The average molecular weight is 252 g/mol. The Hall–Kier alpha value is -2.05. The molecule has 3 N–H and O–H groups in total. The van der Waals surface area contributed by atoms with E-state index in [2.05, 4.69) is 15.3 Å². The summed E-state index contributed by atoms with van der Waals surface area (Å²) in [6.07, 6.45) is 4.66. The van der Waals surface area contributed by atoms with Gasteiger partial charge in [0, 0.05) is 25.5 Å². The van der Waals surface area contributed by atoms with E-state index in [0.717, 1.165) is 6.42 Å². The molecular weight excluding hydrogens is 236 g/mol. The summed E-state index contributed by atoms with van der Waals surface area (Å²) in [6.45, 7) is 1.20. The minimum absolute atomic E-state index is 0.239. The molecule has 2 heterocycles. The van der Waals surface area contributed by atoms with Crippen molar-refractivity contribution in [1.82, 2.24) is 20.2 Å². The first-order valence-electron chi connectivity index (χ1n) is 5.90. The van der Waals surface area contributed by atoms with Gasteiger partial charge in [-0.1, -0.05) is 0 Å². The quantitative estimate of drug-likeness (QED) is 0.725. The van der Waals surface area contributed by atoms with Crippen molar-refractivity contribution in [2.75, 3.05) is 13.1 Å². The molecule has 2 rings (SSSR count). The van der Waals surface area contributed by atoms with Gasteiger partial charge in [0.25, 0.3) is 0 Å². The van der Waals surface area contributed by atoms with Crippen LogP contribution in [0.15, 0.2) is 12.4 Å². The summed E-state index contributed by atoms with van der Waals surface area (Å²) in [4.78, 5) is 31.2. The van der Waals surface area contributed by atoms with Crippen molar-refractivity contribution in [3.63, 3.8) is 0 Å². The van der Waals surface area contributed by atoms with Gasteiger partial charge in [-0.3, -0.25) is 4.79 Å². The standard InChI is InChI=1S/C11H16N4O3/c16-10(17)8-2-1-5-15(7-8)11(18)14-6-9-12-3-4-13-9/h3-4,8H,1-2,5-7H2,(H,12,13)(H,14,18)(H,16,17)/t8-/m1/s1. The van der Waals surface area contributed by atoms with Gasteiger partial charge in [-0.25, -0.2) is 9.78 Å². The molecule has 7 heteroatoms. The van der Waals surface area contributed by atoms with E-state index in [-0.39, 0.29) is 12.6 Å². The number of carboxylic acid groups (broad SMARTS) is 1. The smallest absolute Gasteiger partial charge is 0.317 e. The van der Waals surface area contributed by atoms with Crippen molar-refractivity contribution in [2.45, 2.75) is 19.4 Å². The Labute approximate surface area is 104 Å². The zero-order valence-corrected chi connectivity index (χ0v) is 9.93. The number of urea groups is 1. The van der Waals surface area contributed by atoms with Crippen LogP contribution in [-0.2, 0) is 11.3 Å². The van der Waals surface area contributed by atoms with Crippen molar-refractivity contribution in [2.24, 2.45) is 5.92 Å². The number of hydrogen-bond donors (Lipinski definition) is 3. The number of rotatable bonds is 3. The molecular formula is C11H16N4O3. The number of likely N-dealkylation sites (tertiary alicyclic amines) is 1. The predicted molar refractivity (Wildman–Crippen MR) is 62.8 cm³/mol. The van der Waals surface area contributed by atoms with Crippen LogP contribution in [0, 0.1) is 5.92 Å². The number of aromatic amines is 1. The summed E-state index contributed by atoms with van der Waals surface area (Å²) in [7, 11) is 0. The zero-order valence-electron chi connectivity index (χ0n) is 9.93. The normalized spacial score (nSPS) is 19.6. The number of imidazole rings is 1. The summed E-state index contributed by atoms with van der Waals surface area (Å²) >= 11 is 0. The molecule has 0 bridgehead atoms. The Kier molecular flexibility index (Phi) is 3.81. The SMILES string of the molecule is O=C(O)[C@@H]1CCCN(C(=O)NCc2ncc[nH]2)C1. The fraction of sp³-hybridized carbons (Fsp3) is 0.545. The highest BCUT2D eigenvalue weighted by atomic mass is 16.4. The largest absolute Gasteiger partial charge is 0.481 e. The van der Waals surface area contributed by atoms with Crippen LogP contribution in [0.4, 0.5) is 4.79 Å². The van der Waals surface area contributed by atoms with E-state index in [4.69, 9.17) is 5.11 Å². The molecule has 1 aromatic rings. The fourth-order valence-electron chi connectivity index (χ4n) is 2.03. The van der Waals surface area contributed by atoms with E-state index in [0.29, 0.717) is 25.3 Å². The van der Waals surface area contributed by atoms with Gasteiger partial charge in [0.2, 0.25) is 0 Å². The summed E-state index contributed by atoms with van der Waals surface area (Å²) in [5.41, 5.74) is 0. The Morgan fingerprint density at radius 3 is 3.11 bits per heavy atom. The van der Waals surface area contributed by atoms with Gasteiger partial charge in [-0.15, -0.1) is 0 Å². The Morgan fingerprint density at radius 2 is 2.44 bits per heavy atom. The molecule has 0 aromatic carbocycles. The molecule has 1 aromatic heterocycles. The number of amides is 2. The fourth-order valence-corrected chi connectivity index (χ4v) is 2.03. The van der Waals surface area contributed by atoms with E-state index >= 15 is 0 Å². The van der Waals surface area contributed by atoms with Crippen LogP contribution in [0.2, 0.25) is 0 Å². The first kappa shape index (κ1) is 12.4. The average Bonchev–Trinajstić information content (AvgIpc) is 2.89. The van der Waals surface area contributed by atoms with E-state index in [1.165, 1.54) is 0 Å². The molecule has 0 radical (unpaired) electrons. The van der Waals surface area contributed by atoms with Crippen LogP contribution in [0.3, 0.4) is 0 Å². The Balaban J connectivity index is 1.83. The van der Waals surface area contributed by atoms with Crippen LogP contribution in [-0.4, -0.2) is 45.1 Å². The first-order chi connectivity index (χ1) is 8.66. The summed E-state index contributed by atoms with van der Waals surface area (Å²) in [5, 5.41) is 11.7. The molecule has 1 aliphatic rings. The number of aromatic nitrogens is 2. The van der Waals surface area contributed by atoms with Crippen molar-refractivity contribution in [1.29, 1.82) is 0 Å². The molecule has 1 saturated heterocycles. The van der Waals surface area contributed by atoms with Crippen molar-refractivity contribution in [3.05, 3.63) is 18.2 Å². The lowest BCUT2D eigenvalue weighted by Gasteiger charge is -2.30. The number of nitrogens with one attached hydrogen (secondary N) is 2. The monoisotopic (exact) mass is 252 g/mol. The van der Waals surface area contributed by atoms with Crippen LogP contribution < -0.4 is 5.32 Å². The van der Waals surface area contributed by atoms with Crippen molar-refractivity contribution in [3.8, 4) is 0 Å². The minimum atomic E-state index is -0.835. The number of nitrogens with zero attached hydrogens (tertiary/aromatic N) is 2. The lowest BCUT2D eigenvalue weighted by atomic mass is 9.99. The molecule has 98 valence electrons. The summed E-state index contributed by atoms with van der Waals surface area (Å²) in [6, 6.07) is -0.239. The number of aliphatic carboxylic acids is 1. The maximum absolute atomic E-state index is 11.8. The number of piperidine rings is 1. The maximum Gasteiger partial charge on any atom is 0.317 e. The summed E-state index contributed by atoms with van der Waals surface area (Å²) in [5.74, 6) is -0.609. The molecule has 1 fully saturated rings. The van der Waals surface area contributed by atoms with Crippen LogP contribution in [0.5, 0.6) is 0 Å². The number of hydrogen-bond acceptors (Lipinski definition) is 3. The predicted octanol–water partition coefficient (Wildman–Crippen LogP) is 0.416. The highest BCUT2D eigenvalue weighted by molar-refractivity contribution is 5.76. The third kappa shape index (κ3) is 2.99. The van der Waals surface area contributed by atoms with Crippen molar-refractivity contribution < 1.29 is 14.7 Å². The van der Waals surface area contributed by atoms with E-state index < -0.39 is 11.9 Å². The Morgan fingerprint density at radius 1 is 1.61 bits per heavy atom. The number of carboxylic acids is 1. The van der Waals surface area contributed by atoms with Gasteiger partial charge in [-0.2, -0.15) is 0 Å². The molecule has 0 aliphatic carbocycles. The zero-order chi connectivity index (χ0) is 13.0. The first-order valence-corrected chi connectivity index (χ1v) is 5.90. The van der Waals surface area contributed by atoms with Gasteiger partial charge in [0.05, 0.1) is 12.5 Å². The molecule has 0 spiro atoms. The van der Waals surface area contributed by atoms with Crippen LogP contribution in [0.25, 0.3) is 0 Å². The minimum Gasteiger partial charge on any atom is -0.481 e. The third-order valence-electron chi connectivity index (χ3n) is 3.02. The van der Waals surface area contributed by atoms with Crippen molar-refractivity contribution >= 4 is 12.0 Å². The van der Waals surface area contributed by atoms with Gasteiger partial charge < -0.3 is 20.3 Å². The third-order valence-corrected chi connectivity index (χ3v) is 3.02. The summed E-state index contributed by atoms with van der Waals surface area (Å²) < 4.78 is 0. The van der Waals surface area contributed by atoms with E-state index in [1.807, 2.05) is 0 Å².